The summed E-state index contributed by atoms with van der Waals surface area (Å²) in [7, 11) is 0. The number of aromatic nitrogens is 1. The molecule has 0 bridgehead atoms. The van der Waals surface area contributed by atoms with E-state index < -0.39 is 5.91 Å². The molecule has 0 spiro atoms. The first-order valence-electron chi connectivity index (χ1n) is 8.03. The second kappa shape index (κ2) is 9.30. The van der Waals surface area contributed by atoms with E-state index in [1.54, 1.807) is 12.1 Å². The number of para-hydroxylation sites is 1. The van der Waals surface area contributed by atoms with Crippen molar-refractivity contribution in [1.82, 2.24) is 10.4 Å². The third-order valence-electron chi connectivity index (χ3n) is 3.60. The van der Waals surface area contributed by atoms with E-state index in [1.807, 2.05) is 48.5 Å². The van der Waals surface area contributed by atoms with Gasteiger partial charge < -0.3 is 4.74 Å². The van der Waals surface area contributed by atoms with Crippen LogP contribution in [0.15, 0.2) is 76.4 Å². The van der Waals surface area contributed by atoms with Crippen LogP contribution in [0.1, 0.15) is 21.5 Å². The molecule has 1 aromatic heterocycles. The quantitative estimate of drug-likeness (QED) is 0.336. The fourth-order valence-electron chi connectivity index (χ4n) is 2.24. The zero-order valence-corrected chi connectivity index (χ0v) is 16.4. The van der Waals surface area contributed by atoms with Gasteiger partial charge in [0.05, 0.1) is 11.8 Å². The van der Waals surface area contributed by atoms with Crippen LogP contribution in [0.5, 0.6) is 5.75 Å². The number of ether oxygens (including phenoxy) is 1. The van der Waals surface area contributed by atoms with Crippen molar-refractivity contribution in [2.24, 2.45) is 5.10 Å². The molecular weight excluding hydrogens is 430 g/mol. The Morgan fingerprint density at radius 1 is 1.15 bits per heavy atom. The lowest BCUT2D eigenvalue weighted by atomic mass is 10.2. The number of nitrogens with zero attached hydrogens (tertiary/aromatic N) is 2. The van der Waals surface area contributed by atoms with E-state index in [0.29, 0.717) is 12.4 Å². The molecule has 0 fully saturated rings. The minimum atomic E-state index is -0.433. The molecule has 1 N–H and O–H groups in total. The molecule has 7 heteroatoms. The lowest BCUT2D eigenvalue weighted by molar-refractivity contribution is 0.0955. The molecule has 3 aromatic rings. The minimum absolute atomic E-state index is 0.128. The summed E-state index contributed by atoms with van der Waals surface area (Å²) < 4.78 is 6.89. The first-order chi connectivity index (χ1) is 13.1. The lowest BCUT2D eigenvalue weighted by Gasteiger charge is -2.09. The first-order valence-corrected chi connectivity index (χ1v) is 9.21. The highest BCUT2D eigenvalue weighted by Gasteiger charge is 2.09. The van der Waals surface area contributed by atoms with Crippen LogP contribution in [0.4, 0.5) is 0 Å². The Kier molecular flexibility index (Phi) is 6.57. The number of carbonyl (C=O) groups is 1. The van der Waals surface area contributed by atoms with Crippen molar-refractivity contribution >= 4 is 39.7 Å². The summed E-state index contributed by atoms with van der Waals surface area (Å²) >= 11 is 9.31. The summed E-state index contributed by atoms with van der Waals surface area (Å²) in [4.78, 5) is 16.0. The maximum Gasteiger partial charge on any atom is 0.274 e. The number of rotatable bonds is 6. The molecule has 5 nitrogen and oxygen atoms in total. The number of hydrogen-bond donors (Lipinski definition) is 1. The summed E-state index contributed by atoms with van der Waals surface area (Å²) in [6, 6.07) is 18.6. The number of nitrogens with one attached hydrogen (secondary N) is 1. The van der Waals surface area contributed by atoms with E-state index in [4.69, 9.17) is 16.3 Å². The number of hydrazone groups is 1. The predicted octanol–water partition coefficient (Wildman–Crippen LogP) is 4.84. The molecule has 1 amide bonds. The number of amides is 1. The SMILES string of the molecule is O=C(NN=Cc1ccccc1OCc1ccc(Br)cc1)c1cccnc1Cl. The summed E-state index contributed by atoms with van der Waals surface area (Å²) in [6.07, 6.45) is 3.04. The molecule has 3 rings (SSSR count). The fourth-order valence-corrected chi connectivity index (χ4v) is 2.71. The van der Waals surface area contributed by atoms with Crippen molar-refractivity contribution in [2.75, 3.05) is 0 Å². The zero-order valence-electron chi connectivity index (χ0n) is 14.1. The molecule has 0 atom stereocenters. The smallest absolute Gasteiger partial charge is 0.274 e. The summed E-state index contributed by atoms with van der Waals surface area (Å²) in [5, 5.41) is 4.12. The monoisotopic (exact) mass is 443 g/mol. The second-order valence-electron chi connectivity index (χ2n) is 5.49. The van der Waals surface area contributed by atoms with Gasteiger partial charge in [-0.05, 0) is 42.0 Å². The van der Waals surface area contributed by atoms with Gasteiger partial charge in [0.2, 0.25) is 0 Å². The molecule has 0 unspecified atom stereocenters. The Hall–Kier alpha value is -2.70. The molecule has 2 aromatic carbocycles. The molecule has 136 valence electrons. The van der Waals surface area contributed by atoms with Crippen molar-refractivity contribution in [3.05, 3.63) is 93.2 Å². The Morgan fingerprint density at radius 3 is 2.70 bits per heavy atom. The van der Waals surface area contributed by atoms with Gasteiger partial charge in [0.25, 0.3) is 5.91 Å². The van der Waals surface area contributed by atoms with Crippen LogP contribution in [0.25, 0.3) is 0 Å². The maximum atomic E-state index is 12.1. The van der Waals surface area contributed by atoms with Crippen LogP contribution in [0, 0.1) is 0 Å². The topological polar surface area (TPSA) is 63.6 Å². The molecule has 0 aliphatic heterocycles. The van der Waals surface area contributed by atoms with Gasteiger partial charge in [0.1, 0.15) is 17.5 Å². The Bertz CT molecular complexity index is 961. The van der Waals surface area contributed by atoms with Crippen molar-refractivity contribution in [3.63, 3.8) is 0 Å². The highest BCUT2D eigenvalue weighted by atomic mass is 79.9. The summed E-state index contributed by atoms with van der Waals surface area (Å²) in [5.41, 5.74) is 4.49. The van der Waals surface area contributed by atoms with Crippen LogP contribution < -0.4 is 10.2 Å². The van der Waals surface area contributed by atoms with Crippen molar-refractivity contribution in [3.8, 4) is 5.75 Å². The molecule has 27 heavy (non-hydrogen) atoms. The average molecular weight is 445 g/mol. The molecule has 0 aliphatic rings. The van der Waals surface area contributed by atoms with Gasteiger partial charge in [-0.1, -0.05) is 51.8 Å². The number of halogens is 2. The summed E-state index contributed by atoms with van der Waals surface area (Å²) in [5.74, 6) is 0.232. The Balaban J connectivity index is 1.65. The average Bonchev–Trinajstić information content (AvgIpc) is 2.68. The van der Waals surface area contributed by atoms with Crippen molar-refractivity contribution < 1.29 is 9.53 Å². The largest absolute Gasteiger partial charge is 0.488 e. The van der Waals surface area contributed by atoms with E-state index in [0.717, 1.165) is 15.6 Å². The van der Waals surface area contributed by atoms with E-state index in [-0.39, 0.29) is 10.7 Å². The number of hydrogen-bond acceptors (Lipinski definition) is 4. The normalized spacial score (nSPS) is 10.7. The van der Waals surface area contributed by atoms with Gasteiger partial charge in [-0.15, -0.1) is 0 Å². The van der Waals surface area contributed by atoms with Gasteiger partial charge in [0.15, 0.2) is 0 Å². The molecule has 0 saturated heterocycles. The standard InChI is InChI=1S/C20H15BrClN3O2/c21-16-9-7-14(8-10-16)13-27-18-6-2-1-4-15(18)12-24-25-20(26)17-5-3-11-23-19(17)22/h1-12H,13H2,(H,25,26). The van der Waals surface area contributed by atoms with Crippen LogP contribution in [0.3, 0.4) is 0 Å². The van der Waals surface area contributed by atoms with Crippen LogP contribution in [-0.2, 0) is 6.61 Å². The van der Waals surface area contributed by atoms with Gasteiger partial charge >= 0.3 is 0 Å². The molecule has 0 saturated carbocycles. The van der Waals surface area contributed by atoms with Crippen LogP contribution in [0.2, 0.25) is 5.15 Å². The lowest BCUT2D eigenvalue weighted by Crippen LogP contribution is -2.18. The van der Waals surface area contributed by atoms with Crippen molar-refractivity contribution in [2.45, 2.75) is 6.61 Å². The zero-order chi connectivity index (χ0) is 19.1. The molecule has 0 aliphatic carbocycles. The third-order valence-corrected chi connectivity index (χ3v) is 4.43. The highest BCUT2D eigenvalue weighted by Crippen LogP contribution is 2.18. The van der Waals surface area contributed by atoms with Gasteiger partial charge in [-0.25, -0.2) is 10.4 Å². The third kappa shape index (κ3) is 5.39. The number of carbonyl (C=O) groups excluding carboxylic acids is 1. The van der Waals surface area contributed by atoms with E-state index in [9.17, 15) is 4.79 Å². The first kappa shape index (κ1) is 19.1. The minimum Gasteiger partial charge on any atom is -0.488 e. The van der Waals surface area contributed by atoms with Gasteiger partial charge in [0, 0.05) is 16.2 Å². The maximum absolute atomic E-state index is 12.1. The molecule has 0 radical (unpaired) electrons. The van der Waals surface area contributed by atoms with E-state index >= 15 is 0 Å². The second-order valence-corrected chi connectivity index (χ2v) is 6.77. The number of pyridine rings is 1. The Morgan fingerprint density at radius 2 is 1.93 bits per heavy atom. The van der Waals surface area contributed by atoms with Crippen molar-refractivity contribution in [1.29, 1.82) is 0 Å². The fraction of sp³-hybridized carbons (Fsp3) is 0.0500. The number of benzene rings is 2. The van der Waals surface area contributed by atoms with E-state index in [1.165, 1.54) is 12.4 Å². The molecule has 1 heterocycles. The summed E-state index contributed by atoms with van der Waals surface area (Å²) in [6.45, 7) is 0.426. The highest BCUT2D eigenvalue weighted by molar-refractivity contribution is 9.10. The predicted molar refractivity (Wildman–Crippen MR) is 109 cm³/mol. The van der Waals surface area contributed by atoms with Gasteiger partial charge in [-0.2, -0.15) is 5.10 Å². The Labute approximate surface area is 170 Å². The van der Waals surface area contributed by atoms with E-state index in [2.05, 4.69) is 31.4 Å². The molecular formula is C20H15BrClN3O2. The van der Waals surface area contributed by atoms with Crippen LogP contribution >= 0.6 is 27.5 Å². The van der Waals surface area contributed by atoms with Gasteiger partial charge in [-0.3, -0.25) is 4.79 Å². The van der Waals surface area contributed by atoms with Crippen LogP contribution in [-0.4, -0.2) is 17.1 Å².